The van der Waals surface area contributed by atoms with E-state index >= 15 is 0 Å². The number of aliphatic carboxylic acids is 2. The van der Waals surface area contributed by atoms with Gasteiger partial charge >= 0.3 is 30.3 Å². The highest BCUT2D eigenvalue weighted by molar-refractivity contribution is 5.96. The van der Waals surface area contributed by atoms with Crippen molar-refractivity contribution in [1.82, 2.24) is 0 Å². The molecule has 11 nitrogen and oxygen atoms in total. The van der Waals surface area contributed by atoms with Crippen LogP contribution in [0.2, 0.25) is 0 Å². The van der Waals surface area contributed by atoms with E-state index in [0.717, 1.165) is 11.3 Å². The number of esters is 1. The molecule has 0 bridgehead atoms. The van der Waals surface area contributed by atoms with Gasteiger partial charge < -0.3 is 31.3 Å². The van der Waals surface area contributed by atoms with Gasteiger partial charge in [-0.15, -0.1) is 0 Å². The third kappa shape index (κ3) is 11.3. The average molecular weight is 581 g/mol. The highest BCUT2D eigenvalue weighted by atomic mass is 19.4. The largest absolute Gasteiger partial charge is 0.490 e. The summed E-state index contributed by atoms with van der Waals surface area (Å²) in [5, 5.41) is 29.4. The Morgan fingerprint density at radius 3 is 1.62 bits per heavy atom. The molecule has 0 fully saturated rings. The van der Waals surface area contributed by atoms with Gasteiger partial charge in [0, 0.05) is 23.4 Å². The number of benzene rings is 2. The lowest BCUT2D eigenvalue weighted by Crippen LogP contribution is -2.35. The molecule has 0 aromatic heterocycles. The number of rotatable bonds is 7. The Bertz CT molecular complexity index is 1180. The van der Waals surface area contributed by atoms with Crippen molar-refractivity contribution in [2.45, 2.75) is 25.3 Å². The van der Waals surface area contributed by atoms with Gasteiger partial charge in [-0.05, 0) is 24.6 Å². The third-order valence-corrected chi connectivity index (χ3v) is 4.59. The SMILES string of the molecule is CCN(c1cccc(C(=N)N)c1)[C@H](C(=O)OC)c1ccc(C(=N)N)cc1.O=C(O)C(F)(F)F.O=C(O)C(F)(F)F. The summed E-state index contributed by atoms with van der Waals surface area (Å²) in [6, 6.07) is 13.4. The normalized spacial score (nSPS) is 11.4. The fourth-order valence-electron chi connectivity index (χ4n) is 2.77. The van der Waals surface area contributed by atoms with Gasteiger partial charge in [0.1, 0.15) is 11.7 Å². The van der Waals surface area contributed by atoms with Crippen LogP contribution in [-0.2, 0) is 19.1 Å². The quantitative estimate of drug-likeness (QED) is 0.123. The molecule has 0 aliphatic rings. The standard InChI is InChI=1S/C19H23N5O2.2C2HF3O2/c1-3-24(15-6-4-5-14(11-15)18(22)23)16(19(25)26-2)12-7-9-13(10-8-12)17(20)21;2*3-2(4,5)1(6)7/h4-11,16H,3H2,1-2H3,(H3,20,21)(H3,22,23);2*(H,6,7)/t16-;;/m0../s1. The first-order chi connectivity index (χ1) is 18.3. The van der Waals surface area contributed by atoms with Gasteiger partial charge in [0.15, 0.2) is 6.04 Å². The molecule has 0 unspecified atom stereocenters. The monoisotopic (exact) mass is 581 g/mol. The van der Waals surface area contributed by atoms with Gasteiger partial charge in [0.2, 0.25) is 0 Å². The highest BCUT2D eigenvalue weighted by Crippen LogP contribution is 2.29. The van der Waals surface area contributed by atoms with E-state index in [0.29, 0.717) is 17.7 Å². The first-order valence-corrected chi connectivity index (χ1v) is 10.6. The zero-order chi connectivity index (χ0) is 31.4. The van der Waals surface area contributed by atoms with Gasteiger partial charge in [0.05, 0.1) is 7.11 Å². The van der Waals surface area contributed by atoms with Crippen molar-refractivity contribution in [1.29, 1.82) is 10.8 Å². The fraction of sp³-hybridized carbons (Fsp3) is 0.261. The number of ether oxygens (including phenoxy) is 1. The van der Waals surface area contributed by atoms with Crippen LogP contribution in [0.3, 0.4) is 0 Å². The molecular weight excluding hydrogens is 556 g/mol. The molecule has 220 valence electrons. The Morgan fingerprint density at radius 2 is 1.30 bits per heavy atom. The number of carboxylic acid groups (broad SMARTS) is 2. The molecule has 0 amide bonds. The van der Waals surface area contributed by atoms with Crippen LogP contribution in [0.15, 0.2) is 48.5 Å². The number of carbonyl (C=O) groups excluding carboxylic acids is 1. The molecule has 8 N–H and O–H groups in total. The van der Waals surface area contributed by atoms with E-state index in [1.807, 2.05) is 17.9 Å². The molecule has 0 saturated heterocycles. The maximum atomic E-state index is 12.5. The van der Waals surface area contributed by atoms with Crippen LogP contribution in [0, 0.1) is 10.8 Å². The maximum Gasteiger partial charge on any atom is 0.490 e. The summed E-state index contributed by atoms with van der Waals surface area (Å²) in [7, 11) is 1.35. The Balaban J connectivity index is 0.000000894. The van der Waals surface area contributed by atoms with Gasteiger partial charge in [-0.1, -0.05) is 36.4 Å². The van der Waals surface area contributed by atoms with Gasteiger partial charge in [0.25, 0.3) is 0 Å². The lowest BCUT2D eigenvalue weighted by molar-refractivity contribution is -0.193. The van der Waals surface area contributed by atoms with E-state index in [4.69, 9.17) is 46.8 Å². The summed E-state index contributed by atoms with van der Waals surface area (Å²) in [4.78, 5) is 32.2. The number of nitrogens with two attached hydrogens (primary N) is 2. The third-order valence-electron chi connectivity index (χ3n) is 4.59. The number of methoxy groups -OCH3 is 1. The number of nitrogen functional groups attached to an aromatic ring is 2. The highest BCUT2D eigenvalue weighted by Gasteiger charge is 2.38. The molecule has 0 heterocycles. The molecule has 0 aliphatic heterocycles. The van der Waals surface area contributed by atoms with E-state index in [1.165, 1.54) is 7.11 Å². The van der Waals surface area contributed by atoms with E-state index in [2.05, 4.69) is 0 Å². The molecule has 0 saturated carbocycles. The summed E-state index contributed by atoms with van der Waals surface area (Å²) < 4.78 is 68.5. The second-order valence-corrected chi connectivity index (χ2v) is 7.32. The molecule has 2 rings (SSSR count). The second-order valence-electron chi connectivity index (χ2n) is 7.32. The lowest BCUT2D eigenvalue weighted by atomic mass is 10.0. The summed E-state index contributed by atoms with van der Waals surface area (Å²) in [6.07, 6.45) is -10.2. The van der Waals surface area contributed by atoms with Crippen molar-refractivity contribution in [3.05, 3.63) is 65.2 Å². The molecular formula is C23H25F6N5O6. The van der Waals surface area contributed by atoms with Crippen LogP contribution in [0.4, 0.5) is 32.0 Å². The van der Waals surface area contributed by atoms with E-state index < -0.39 is 36.3 Å². The van der Waals surface area contributed by atoms with Crippen molar-refractivity contribution in [3.63, 3.8) is 0 Å². The Hall–Kier alpha value is -4.83. The number of anilines is 1. The molecule has 2 aromatic carbocycles. The number of likely N-dealkylation sites (N-methyl/N-ethyl adjacent to an activating group) is 1. The number of carbonyl (C=O) groups is 3. The summed E-state index contributed by atoms with van der Waals surface area (Å²) in [6.45, 7) is 2.47. The van der Waals surface area contributed by atoms with E-state index in [-0.39, 0.29) is 11.7 Å². The minimum atomic E-state index is -5.08. The maximum absolute atomic E-state index is 12.5. The van der Waals surface area contributed by atoms with Crippen LogP contribution < -0.4 is 16.4 Å². The van der Waals surface area contributed by atoms with Crippen LogP contribution in [0.1, 0.15) is 29.7 Å². The van der Waals surface area contributed by atoms with Crippen molar-refractivity contribution >= 4 is 35.3 Å². The predicted molar refractivity (Wildman–Crippen MR) is 130 cm³/mol. The number of halogens is 6. The van der Waals surface area contributed by atoms with Crippen molar-refractivity contribution in [2.75, 3.05) is 18.6 Å². The Labute approximate surface area is 223 Å². The van der Waals surface area contributed by atoms with Crippen LogP contribution in [0.25, 0.3) is 0 Å². The molecule has 0 spiro atoms. The summed E-state index contributed by atoms with van der Waals surface area (Å²) in [5.74, 6) is -5.99. The molecule has 1 atom stereocenters. The fourth-order valence-corrected chi connectivity index (χ4v) is 2.77. The second kappa shape index (κ2) is 14.9. The van der Waals surface area contributed by atoms with Crippen LogP contribution >= 0.6 is 0 Å². The van der Waals surface area contributed by atoms with Crippen molar-refractivity contribution in [3.8, 4) is 0 Å². The number of alkyl halides is 6. The molecule has 17 heteroatoms. The number of hydrogen-bond donors (Lipinski definition) is 6. The smallest absolute Gasteiger partial charge is 0.475 e. The summed E-state index contributed by atoms with van der Waals surface area (Å²) >= 11 is 0. The number of hydrogen-bond acceptors (Lipinski definition) is 7. The number of nitrogens with one attached hydrogen (secondary N) is 2. The Morgan fingerprint density at radius 1 is 0.875 bits per heavy atom. The molecule has 40 heavy (non-hydrogen) atoms. The van der Waals surface area contributed by atoms with E-state index in [1.54, 1.807) is 42.5 Å². The van der Waals surface area contributed by atoms with Crippen LogP contribution in [0.5, 0.6) is 0 Å². The zero-order valence-corrected chi connectivity index (χ0v) is 20.8. The first kappa shape index (κ1) is 35.2. The zero-order valence-electron chi connectivity index (χ0n) is 20.8. The molecule has 2 aromatic rings. The first-order valence-electron chi connectivity index (χ1n) is 10.6. The van der Waals surface area contributed by atoms with Gasteiger partial charge in [-0.3, -0.25) is 10.8 Å². The lowest BCUT2D eigenvalue weighted by Gasteiger charge is -2.31. The number of amidine groups is 2. The van der Waals surface area contributed by atoms with Crippen LogP contribution in [-0.4, -0.2) is 65.8 Å². The molecule has 0 aliphatic carbocycles. The number of nitrogens with zero attached hydrogens (tertiary/aromatic N) is 1. The predicted octanol–water partition coefficient (Wildman–Crippen LogP) is 3.26. The number of carboxylic acids is 2. The van der Waals surface area contributed by atoms with E-state index in [9.17, 15) is 31.1 Å². The molecule has 0 radical (unpaired) electrons. The van der Waals surface area contributed by atoms with Gasteiger partial charge in [-0.2, -0.15) is 26.3 Å². The van der Waals surface area contributed by atoms with Crippen molar-refractivity contribution < 1.29 is 55.7 Å². The average Bonchev–Trinajstić information content (AvgIpc) is 2.86. The minimum absolute atomic E-state index is 0.0346. The Kier molecular flexibility index (Phi) is 13.1. The summed E-state index contributed by atoms with van der Waals surface area (Å²) in [5.41, 5.74) is 13.7. The van der Waals surface area contributed by atoms with Gasteiger partial charge in [-0.25, -0.2) is 14.4 Å². The minimum Gasteiger partial charge on any atom is -0.475 e. The topological polar surface area (TPSA) is 204 Å². The van der Waals surface area contributed by atoms with Crippen molar-refractivity contribution in [2.24, 2.45) is 11.5 Å².